The number of carbonyl (C=O) groups excluding carboxylic acids is 1. The number of hydrogen-bond donors (Lipinski definition) is 1. The quantitative estimate of drug-likeness (QED) is 0.178. The maximum Gasteiger partial charge on any atom is 0.416 e. The number of alkyl halides is 3. The topological polar surface area (TPSA) is 90.6 Å². The second kappa shape index (κ2) is 11.8. The molecule has 0 saturated heterocycles. The van der Waals surface area contributed by atoms with Crippen molar-refractivity contribution >= 4 is 23.9 Å². The molecule has 4 rings (SSSR count). The van der Waals surface area contributed by atoms with Crippen LogP contribution < -0.4 is 14.9 Å². The maximum atomic E-state index is 12.7. The van der Waals surface area contributed by atoms with E-state index in [-0.39, 0.29) is 5.75 Å². The van der Waals surface area contributed by atoms with Gasteiger partial charge in [0.05, 0.1) is 31.8 Å². The first-order valence-corrected chi connectivity index (χ1v) is 12.1. The SMILES string of the molecule is COc1ccc(-c2nnc(SCC(=O)NN=Cc3ccc(C(F)(F)F)cc3)n2-c2ccccc2)cc1OC. The van der Waals surface area contributed by atoms with Gasteiger partial charge in [-0.25, -0.2) is 5.43 Å². The fraction of sp³-hybridized carbons (Fsp3) is 0.154. The number of nitrogens with zero attached hydrogens (tertiary/aromatic N) is 4. The Balaban J connectivity index is 1.49. The van der Waals surface area contributed by atoms with Crippen molar-refractivity contribution in [2.75, 3.05) is 20.0 Å². The Kier molecular flexibility index (Phi) is 8.31. The number of nitrogens with one attached hydrogen (secondary N) is 1. The van der Waals surface area contributed by atoms with E-state index in [1.807, 2.05) is 41.0 Å². The molecule has 1 heterocycles. The number of amides is 1. The summed E-state index contributed by atoms with van der Waals surface area (Å²) in [5, 5.41) is 12.9. The van der Waals surface area contributed by atoms with Crippen LogP contribution in [0.3, 0.4) is 0 Å². The molecule has 0 fully saturated rings. The minimum atomic E-state index is -4.42. The Bertz CT molecular complexity index is 1420. The van der Waals surface area contributed by atoms with Gasteiger partial charge in [-0.05, 0) is 48.0 Å². The predicted molar refractivity (Wildman–Crippen MR) is 138 cm³/mol. The van der Waals surface area contributed by atoms with Crippen LogP contribution >= 0.6 is 11.8 Å². The number of hydrazone groups is 1. The van der Waals surface area contributed by atoms with Crippen LogP contribution in [0.2, 0.25) is 0 Å². The molecule has 1 amide bonds. The Morgan fingerprint density at radius 2 is 1.71 bits per heavy atom. The first-order chi connectivity index (χ1) is 18.3. The van der Waals surface area contributed by atoms with Crippen molar-refractivity contribution in [1.82, 2.24) is 20.2 Å². The number of thioether (sulfide) groups is 1. The minimum absolute atomic E-state index is 0.0265. The second-order valence-corrected chi connectivity index (χ2v) is 8.69. The van der Waals surface area contributed by atoms with E-state index in [1.165, 1.54) is 18.3 Å². The van der Waals surface area contributed by atoms with Crippen LogP contribution in [0.15, 0.2) is 83.1 Å². The summed E-state index contributed by atoms with van der Waals surface area (Å²) in [6.45, 7) is 0. The molecular formula is C26H22F3N5O3S. The van der Waals surface area contributed by atoms with Crippen LogP contribution in [0.4, 0.5) is 13.2 Å². The summed E-state index contributed by atoms with van der Waals surface area (Å²) in [6.07, 6.45) is -3.15. The van der Waals surface area contributed by atoms with Gasteiger partial charge in [-0.15, -0.1) is 10.2 Å². The molecular weight excluding hydrogens is 519 g/mol. The highest BCUT2D eigenvalue weighted by molar-refractivity contribution is 7.99. The molecule has 0 radical (unpaired) electrons. The lowest BCUT2D eigenvalue weighted by Crippen LogP contribution is -2.20. The first kappa shape index (κ1) is 26.7. The first-order valence-electron chi connectivity index (χ1n) is 11.2. The molecule has 12 heteroatoms. The Labute approximate surface area is 220 Å². The van der Waals surface area contributed by atoms with Gasteiger partial charge < -0.3 is 9.47 Å². The molecule has 0 saturated carbocycles. The van der Waals surface area contributed by atoms with Gasteiger partial charge in [0.2, 0.25) is 0 Å². The normalized spacial score (nSPS) is 11.5. The molecule has 4 aromatic rings. The largest absolute Gasteiger partial charge is 0.493 e. The van der Waals surface area contributed by atoms with Gasteiger partial charge in [0.15, 0.2) is 22.5 Å². The summed E-state index contributed by atoms with van der Waals surface area (Å²) in [6, 6.07) is 19.3. The summed E-state index contributed by atoms with van der Waals surface area (Å²) >= 11 is 1.16. The lowest BCUT2D eigenvalue weighted by atomic mass is 10.1. The average molecular weight is 542 g/mol. The number of rotatable bonds is 9. The van der Waals surface area contributed by atoms with Crippen molar-refractivity contribution in [3.63, 3.8) is 0 Å². The van der Waals surface area contributed by atoms with Gasteiger partial charge >= 0.3 is 6.18 Å². The molecule has 0 atom stereocenters. The van der Waals surface area contributed by atoms with Gasteiger partial charge in [0, 0.05) is 11.3 Å². The number of para-hydroxylation sites is 1. The van der Waals surface area contributed by atoms with E-state index in [2.05, 4.69) is 20.7 Å². The molecule has 1 N–H and O–H groups in total. The van der Waals surface area contributed by atoms with Gasteiger partial charge in [0.25, 0.3) is 5.91 Å². The summed E-state index contributed by atoms with van der Waals surface area (Å²) < 4.78 is 50.6. The van der Waals surface area contributed by atoms with Crippen molar-refractivity contribution in [3.8, 4) is 28.6 Å². The van der Waals surface area contributed by atoms with Crippen molar-refractivity contribution in [3.05, 3.63) is 83.9 Å². The number of methoxy groups -OCH3 is 2. The van der Waals surface area contributed by atoms with Crippen molar-refractivity contribution < 1.29 is 27.4 Å². The fourth-order valence-electron chi connectivity index (χ4n) is 3.43. The molecule has 0 bridgehead atoms. The molecule has 1 aromatic heterocycles. The summed E-state index contributed by atoms with van der Waals surface area (Å²) in [5.74, 6) is 1.20. The molecule has 0 spiro atoms. The summed E-state index contributed by atoms with van der Waals surface area (Å²) in [4.78, 5) is 12.4. The van der Waals surface area contributed by atoms with Crippen molar-refractivity contribution in [2.45, 2.75) is 11.3 Å². The van der Waals surface area contributed by atoms with E-state index >= 15 is 0 Å². The van der Waals surface area contributed by atoms with Gasteiger partial charge in [-0.3, -0.25) is 9.36 Å². The number of benzene rings is 3. The number of halogens is 3. The molecule has 0 aliphatic carbocycles. The van der Waals surface area contributed by atoms with E-state index in [0.29, 0.717) is 28.0 Å². The number of ether oxygens (including phenoxy) is 2. The third kappa shape index (κ3) is 6.32. The van der Waals surface area contributed by atoms with Crippen molar-refractivity contribution in [1.29, 1.82) is 0 Å². The second-order valence-electron chi connectivity index (χ2n) is 7.75. The molecule has 0 aliphatic rings. The van der Waals surface area contributed by atoms with Gasteiger partial charge in [0.1, 0.15) is 0 Å². The molecule has 38 heavy (non-hydrogen) atoms. The number of hydrogen-bond acceptors (Lipinski definition) is 7. The zero-order chi connectivity index (χ0) is 27.1. The maximum absolute atomic E-state index is 12.7. The summed E-state index contributed by atoms with van der Waals surface area (Å²) in [7, 11) is 3.10. The van der Waals surface area contributed by atoms with Crippen LogP contribution in [0.1, 0.15) is 11.1 Å². The van der Waals surface area contributed by atoms with Crippen LogP contribution in [-0.2, 0) is 11.0 Å². The van der Waals surface area contributed by atoms with E-state index in [1.54, 1.807) is 26.4 Å². The molecule has 196 valence electrons. The van der Waals surface area contributed by atoms with E-state index in [4.69, 9.17) is 9.47 Å². The highest BCUT2D eigenvalue weighted by Crippen LogP contribution is 2.34. The van der Waals surface area contributed by atoms with E-state index in [0.717, 1.165) is 35.1 Å². The van der Waals surface area contributed by atoms with Crippen molar-refractivity contribution in [2.24, 2.45) is 5.10 Å². The van der Waals surface area contributed by atoms with Crippen LogP contribution in [0.5, 0.6) is 11.5 Å². The van der Waals surface area contributed by atoms with Gasteiger partial charge in [-0.1, -0.05) is 42.1 Å². The van der Waals surface area contributed by atoms with Gasteiger partial charge in [-0.2, -0.15) is 18.3 Å². The highest BCUT2D eigenvalue weighted by atomic mass is 32.2. The Morgan fingerprint density at radius 1 is 1.00 bits per heavy atom. The molecule has 8 nitrogen and oxygen atoms in total. The molecule has 3 aromatic carbocycles. The van der Waals surface area contributed by atoms with Crippen LogP contribution in [-0.4, -0.2) is 46.9 Å². The third-order valence-electron chi connectivity index (χ3n) is 5.26. The van der Waals surface area contributed by atoms with Crippen LogP contribution in [0.25, 0.3) is 17.1 Å². The highest BCUT2D eigenvalue weighted by Gasteiger charge is 2.29. The Morgan fingerprint density at radius 3 is 2.37 bits per heavy atom. The molecule has 0 unspecified atom stereocenters. The predicted octanol–water partition coefficient (Wildman–Crippen LogP) is 5.21. The van der Waals surface area contributed by atoms with E-state index in [9.17, 15) is 18.0 Å². The third-order valence-corrected chi connectivity index (χ3v) is 6.19. The summed E-state index contributed by atoms with van der Waals surface area (Å²) in [5.41, 5.74) is 3.55. The average Bonchev–Trinajstić information content (AvgIpc) is 3.35. The lowest BCUT2D eigenvalue weighted by Gasteiger charge is -2.12. The lowest BCUT2D eigenvalue weighted by molar-refractivity contribution is -0.137. The molecule has 0 aliphatic heterocycles. The zero-order valence-corrected chi connectivity index (χ0v) is 21.1. The number of carbonyl (C=O) groups is 1. The smallest absolute Gasteiger partial charge is 0.416 e. The Hall–Kier alpha value is -4.32. The zero-order valence-electron chi connectivity index (χ0n) is 20.3. The fourth-order valence-corrected chi connectivity index (χ4v) is 4.18. The number of aromatic nitrogens is 3. The standard InChI is InChI=1S/C26H22F3N5O3S/c1-36-21-13-10-18(14-22(21)37-2)24-32-33-25(34(24)20-6-4-3-5-7-20)38-16-23(35)31-30-15-17-8-11-19(12-9-17)26(27,28)29/h3-15H,16H2,1-2H3,(H,31,35). The minimum Gasteiger partial charge on any atom is -0.493 e. The monoisotopic (exact) mass is 541 g/mol. The van der Waals surface area contributed by atoms with E-state index < -0.39 is 17.6 Å². The van der Waals surface area contributed by atoms with Crippen LogP contribution in [0, 0.1) is 0 Å².